The smallest absolute Gasteiger partial charge is 0.266 e. The van der Waals surface area contributed by atoms with Gasteiger partial charge in [0.25, 0.3) is 5.91 Å². The Morgan fingerprint density at radius 1 is 1.12 bits per heavy atom. The first-order valence-electron chi connectivity index (χ1n) is 12.4. The number of aliphatic hydroxyl groups is 1. The molecule has 0 saturated carbocycles. The molecule has 7 nitrogen and oxygen atoms in total. The third-order valence-electron chi connectivity index (χ3n) is 6.21. The molecule has 2 atom stereocenters. The molecule has 1 heterocycles. The van der Waals surface area contributed by atoms with Crippen LogP contribution < -0.4 is 15.6 Å². The molecule has 40 heavy (non-hydrogen) atoms. The van der Waals surface area contributed by atoms with Crippen molar-refractivity contribution < 1.29 is 28.2 Å². The predicted molar refractivity (Wildman–Crippen MR) is 149 cm³/mol. The molecular weight excluding hydrogens is 563 g/mol. The molecule has 3 aromatic rings. The van der Waals surface area contributed by atoms with Gasteiger partial charge in [-0.2, -0.15) is 0 Å². The third kappa shape index (κ3) is 6.62. The third-order valence-corrected chi connectivity index (χ3v) is 6.77. The van der Waals surface area contributed by atoms with Crippen molar-refractivity contribution in [2.45, 2.75) is 31.0 Å². The van der Waals surface area contributed by atoms with Gasteiger partial charge in [0.2, 0.25) is 5.90 Å². The van der Waals surface area contributed by atoms with Crippen LogP contribution in [-0.2, 0) is 16.1 Å². The SMILES string of the molecule is C=CC[C@]1(C(=O)NNCc2ccc(F)c(F)c2)N=C(c2ccc(OCCCO)cc2)O[C@H]1c1ccc(Cl)cc1Cl. The standard InChI is InChI=1S/C29H27Cl2F2N3O4/c1-2-12-29(28(38)36-34-17-18-4-11-24(32)25(33)15-18)26(22-10-7-20(30)16-23(22)31)40-27(35-29)19-5-8-21(9-6-19)39-14-3-13-37/h2,4-11,15-16,26,34,37H,1,3,12-14,17H2,(H,36,38)/t26-,29-/m0/s1. The van der Waals surface area contributed by atoms with Gasteiger partial charge in [-0.25, -0.2) is 19.2 Å². The number of hydrogen-bond acceptors (Lipinski definition) is 6. The largest absolute Gasteiger partial charge is 0.494 e. The summed E-state index contributed by atoms with van der Waals surface area (Å²) in [6.45, 7) is 4.23. The number of halogens is 4. The molecule has 11 heteroatoms. The highest BCUT2D eigenvalue weighted by Gasteiger charge is 2.53. The van der Waals surface area contributed by atoms with E-state index in [0.717, 1.165) is 12.1 Å². The maximum atomic E-state index is 13.8. The Morgan fingerprint density at radius 3 is 2.58 bits per heavy atom. The van der Waals surface area contributed by atoms with Crippen molar-refractivity contribution in [3.8, 4) is 5.75 Å². The van der Waals surface area contributed by atoms with Crippen molar-refractivity contribution in [3.63, 3.8) is 0 Å². The minimum absolute atomic E-state index is 0.0225. The minimum Gasteiger partial charge on any atom is -0.494 e. The normalized spacial score (nSPS) is 18.1. The van der Waals surface area contributed by atoms with Crippen LogP contribution in [0.25, 0.3) is 0 Å². The fourth-order valence-corrected chi connectivity index (χ4v) is 4.72. The number of aliphatic hydroxyl groups excluding tert-OH is 1. The van der Waals surface area contributed by atoms with Gasteiger partial charge in [0, 0.05) is 47.2 Å². The van der Waals surface area contributed by atoms with Crippen LogP contribution in [0.1, 0.15) is 35.6 Å². The number of benzene rings is 3. The van der Waals surface area contributed by atoms with Crippen LogP contribution in [0, 0.1) is 11.6 Å². The molecule has 0 unspecified atom stereocenters. The number of hydrazine groups is 1. The molecular formula is C29H27Cl2F2N3O4. The second-order valence-corrected chi connectivity index (χ2v) is 9.85. The number of aliphatic imine (C=N–C) groups is 1. The molecule has 0 fully saturated rings. The highest BCUT2D eigenvalue weighted by atomic mass is 35.5. The van der Waals surface area contributed by atoms with E-state index in [1.54, 1.807) is 48.5 Å². The van der Waals surface area contributed by atoms with Crippen LogP contribution in [0.2, 0.25) is 10.0 Å². The van der Waals surface area contributed by atoms with E-state index in [4.69, 9.17) is 42.8 Å². The van der Waals surface area contributed by atoms with E-state index in [0.29, 0.717) is 40.5 Å². The number of carbonyl (C=O) groups is 1. The summed E-state index contributed by atoms with van der Waals surface area (Å²) in [5.74, 6) is -1.70. The number of rotatable bonds is 12. The summed E-state index contributed by atoms with van der Waals surface area (Å²) < 4.78 is 38.8. The molecule has 1 amide bonds. The molecule has 0 radical (unpaired) electrons. The fourth-order valence-electron chi connectivity index (χ4n) is 4.21. The zero-order valence-corrected chi connectivity index (χ0v) is 22.8. The molecule has 0 bridgehead atoms. The van der Waals surface area contributed by atoms with Gasteiger partial charge in [-0.1, -0.05) is 41.4 Å². The van der Waals surface area contributed by atoms with Gasteiger partial charge in [-0.05, 0) is 54.1 Å². The number of nitrogens with one attached hydrogen (secondary N) is 2. The van der Waals surface area contributed by atoms with Crippen molar-refractivity contribution in [2.24, 2.45) is 4.99 Å². The summed E-state index contributed by atoms with van der Waals surface area (Å²) in [5, 5.41) is 9.66. The molecule has 3 aromatic carbocycles. The average Bonchev–Trinajstić information content (AvgIpc) is 3.31. The molecule has 0 aromatic heterocycles. The molecule has 0 aliphatic carbocycles. The quantitative estimate of drug-likeness (QED) is 0.143. The van der Waals surface area contributed by atoms with Crippen molar-refractivity contribution in [3.05, 3.63) is 112 Å². The van der Waals surface area contributed by atoms with Crippen LogP contribution in [-0.4, -0.2) is 35.7 Å². The number of carbonyl (C=O) groups excluding carboxylic acids is 1. The summed E-state index contributed by atoms with van der Waals surface area (Å²) in [6, 6.07) is 15.3. The second kappa shape index (κ2) is 13.2. The Hall–Kier alpha value is -3.50. The maximum Gasteiger partial charge on any atom is 0.266 e. The first-order chi connectivity index (χ1) is 19.3. The predicted octanol–water partition coefficient (Wildman–Crippen LogP) is 5.69. The Labute approximate surface area is 240 Å². The van der Waals surface area contributed by atoms with Crippen LogP contribution >= 0.6 is 23.2 Å². The Morgan fingerprint density at radius 2 is 1.90 bits per heavy atom. The Kier molecular flexibility index (Phi) is 9.76. The van der Waals surface area contributed by atoms with E-state index in [-0.39, 0.29) is 30.5 Å². The van der Waals surface area contributed by atoms with Crippen molar-refractivity contribution in [1.82, 2.24) is 10.9 Å². The number of amides is 1. The summed E-state index contributed by atoms with van der Waals surface area (Å²) in [7, 11) is 0. The molecule has 4 rings (SSSR count). The minimum atomic E-state index is -1.52. The van der Waals surface area contributed by atoms with Gasteiger partial charge in [0.15, 0.2) is 23.3 Å². The molecule has 0 saturated heterocycles. The summed E-state index contributed by atoms with van der Waals surface area (Å²) in [5.41, 5.74) is 5.36. The fraction of sp³-hybridized carbons (Fsp3) is 0.241. The van der Waals surface area contributed by atoms with Crippen molar-refractivity contribution in [2.75, 3.05) is 13.2 Å². The lowest BCUT2D eigenvalue weighted by Crippen LogP contribution is -2.52. The van der Waals surface area contributed by atoms with Crippen LogP contribution in [0.15, 0.2) is 78.3 Å². The van der Waals surface area contributed by atoms with Crippen molar-refractivity contribution in [1.29, 1.82) is 0 Å². The molecule has 210 valence electrons. The van der Waals surface area contributed by atoms with E-state index in [9.17, 15) is 13.6 Å². The van der Waals surface area contributed by atoms with Gasteiger partial charge < -0.3 is 14.6 Å². The van der Waals surface area contributed by atoms with Crippen LogP contribution in [0.5, 0.6) is 5.75 Å². The molecule has 3 N–H and O–H groups in total. The maximum absolute atomic E-state index is 13.8. The number of ether oxygens (including phenoxy) is 2. The van der Waals surface area contributed by atoms with Crippen LogP contribution in [0.3, 0.4) is 0 Å². The highest BCUT2D eigenvalue weighted by Crippen LogP contribution is 2.45. The molecule has 0 spiro atoms. The zero-order chi connectivity index (χ0) is 28.7. The second-order valence-electron chi connectivity index (χ2n) is 9.00. The van der Waals surface area contributed by atoms with E-state index in [2.05, 4.69) is 17.4 Å². The Bertz CT molecular complexity index is 1400. The van der Waals surface area contributed by atoms with Gasteiger partial charge in [-0.15, -0.1) is 6.58 Å². The first-order valence-corrected chi connectivity index (χ1v) is 13.2. The first kappa shape index (κ1) is 29.5. The Balaban J connectivity index is 1.64. The van der Waals surface area contributed by atoms with E-state index in [1.165, 1.54) is 6.07 Å². The highest BCUT2D eigenvalue weighted by molar-refractivity contribution is 6.35. The van der Waals surface area contributed by atoms with Crippen LogP contribution in [0.4, 0.5) is 8.78 Å². The lowest BCUT2D eigenvalue weighted by Gasteiger charge is -2.30. The summed E-state index contributed by atoms with van der Waals surface area (Å²) in [4.78, 5) is 18.5. The van der Waals surface area contributed by atoms with Gasteiger partial charge >= 0.3 is 0 Å². The van der Waals surface area contributed by atoms with Gasteiger partial charge in [0.05, 0.1) is 6.61 Å². The molecule has 1 aliphatic rings. The van der Waals surface area contributed by atoms with E-state index in [1.807, 2.05) is 0 Å². The number of hydrogen-bond donors (Lipinski definition) is 3. The zero-order valence-electron chi connectivity index (χ0n) is 21.3. The lowest BCUT2D eigenvalue weighted by atomic mass is 9.84. The monoisotopic (exact) mass is 589 g/mol. The molecule has 1 aliphatic heterocycles. The summed E-state index contributed by atoms with van der Waals surface area (Å²) >= 11 is 12.7. The van der Waals surface area contributed by atoms with E-state index >= 15 is 0 Å². The van der Waals surface area contributed by atoms with E-state index < -0.39 is 29.2 Å². The average molecular weight is 590 g/mol. The lowest BCUT2D eigenvalue weighted by molar-refractivity contribution is -0.129. The topological polar surface area (TPSA) is 92.2 Å². The van der Waals surface area contributed by atoms with Gasteiger partial charge in [0.1, 0.15) is 5.75 Å². The van der Waals surface area contributed by atoms with Crippen molar-refractivity contribution >= 4 is 35.0 Å². The van der Waals surface area contributed by atoms with Gasteiger partial charge in [-0.3, -0.25) is 10.2 Å². The summed E-state index contributed by atoms with van der Waals surface area (Å²) in [6.07, 6.45) is 1.20. The number of nitrogens with zero attached hydrogens (tertiary/aromatic N) is 1.